The second-order valence-corrected chi connectivity index (χ2v) is 2.95. The molecule has 1 nitrogen and oxygen atoms in total. The molecule has 0 aromatic rings. The molecule has 11 heteroatoms. The summed E-state index contributed by atoms with van der Waals surface area (Å²) < 4.78 is 122. The van der Waals surface area contributed by atoms with Crippen LogP contribution in [0, 0.1) is 0 Å². The molecule has 0 aliphatic rings. The van der Waals surface area contributed by atoms with Crippen molar-refractivity contribution in [3.8, 4) is 0 Å². The second-order valence-electron chi connectivity index (χ2n) is 2.95. The SMILES string of the molecule is CC(F)(F)C(F)(F)OC(F)(C(F)F)C(F)(F)F. The standard InChI is InChI=1S/C6H4F10O/c1-3(9,10)6(15,16)17-4(11,2(7)8)5(12,13)14/h2H,1H3. The van der Waals surface area contributed by atoms with Crippen LogP contribution in [0.2, 0.25) is 0 Å². The third-order valence-electron chi connectivity index (χ3n) is 1.45. The number of hydrogen-bond acceptors (Lipinski definition) is 1. The second kappa shape index (κ2) is 4.18. The van der Waals surface area contributed by atoms with E-state index in [-0.39, 0.29) is 0 Å². The lowest BCUT2D eigenvalue weighted by Gasteiger charge is -2.32. The Kier molecular flexibility index (Phi) is 3.99. The summed E-state index contributed by atoms with van der Waals surface area (Å²) in [6.45, 7) is -0.616. The van der Waals surface area contributed by atoms with E-state index in [1.54, 1.807) is 0 Å². The van der Waals surface area contributed by atoms with Crippen LogP contribution in [0.25, 0.3) is 0 Å². The highest BCUT2D eigenvalue weighted by atomic mass is 19.4. The average molecular weight is 282 g/mol. The first kappa shape index (κ1) is 16.3. The molecule has 0 saturated heterocycles. The van der Waals surface area contributed by atoms with Gasteiger partial charge >= 0.3 is 30.5 Å². The van der Waals surface area contributed by atoms with Gasteiger partial charge in [-0.3, -0.25) is 4.74 Å². The van der Waals surface area contributed by atoms with Crippen LogP contribution >= 0.6 is 0 Å². The summed E-state index contributed by atoms with van der Waals surface area (Å²) in [5.41, 5.74) is 0. The predicted octanol–water partition coefficient (Wildman–Crippen LogP) is 3.74. The molecule has 0 amide bonds. The number of hydrogen-bond donors (Lipinski definition) is 0. The van der Waals surface area contributed by atoms with Crippen molar-refractivity contribution < 1.29 is 48.6 Å². The van der Waals surface area contributed by atoms with E-state index < -0.39 is 37.4 Å². The zero-order valence-corrected chi connectivity index (χ0v) is 7.77. The molecule has 1 atom stereocenters. The summed E-state index contributed by atoms with van der Waals surface area (Å²) in [4.78, 5) is 0. The molecule has 0 aromatic carbocycles. The van der Waals surface area contributed by atoms with E-state index in [9.17, 15) is 43.9 Å². The molecule has 0 saturated carbocycles. The third kappa shape index (κ3) is 3.13. The van der Waals surface area contributed by atoms with E-state index >= 15 is 0 Å². The molecule has 0 fully saturated rings. The van der Waals surface area contributed by atoms with E-state index in [0.29, 0.717) is 0 Å². The molecule has 0 heterocycles. The normalized spacial score (nSPS) is 18.4. The lowest BCUT2D eigenvalue weighted by Crippen LogP contribution is -2.57. The summed E-state index contributed by atoms with van der Waals surface area (Å²) in [5, 5.41) is 0. The number of rotatable bonds is 4. The van der Waals surface area contributed by atoms with Crippen molar-refractivity contribution in [3.63, 3.8) is 0 Å². The van der Waals surface area contributed by atoms with Crippen molar-refractivity contribution in [3.05, 3.63) is 0 Å². The minimum absolute atomic E-state index is 0.616. The van der Waals surface area contributed by atoms with Crippen LogP contribution in [0.4, 0.5) is 43.9 Å². The molecule has 17 heavy (non-hydrogen) atoms. The van der Waals surface area contributed by atoms with Crippen LogP contribution in [0.3, 0.4) is 0 Å². The molecule has 0 bridgehead atoms. The zero-order chi connectivity index (χ0) is 14.3. The van der Waals surface area contributed by atoms with Gasteiger partial charge in [-0.2, -0.15) is 35.1 Å². The molecule has 0 radical (unpaired) electrons. The quantitative estimate of drug-likeness (QED) is 0.714. The van der Waals surface area contributed by atoms with Crippen molar-refractivity contribution in [2.24, 2.45) is 0 Å². The van der Waals surface area contributed by atoms with Gasteiger partial charge in [0.25, 0.3) is 0 Å². The molecule has 1 unspecified atom stereocenters. The highest BCUT2D eigenvalue weighted by Gasteiger charge is 2.71. The fourth-order valence-corrected chi connectivity index (χ4v) is 0.502. The van der Waals surface area contributed by atoms with E-state index in [0.717, 1.165) is 0 Å². The molecule has 0 spiro atoms. The maximum absolute atomic E-state index is 12.5. The monoisotopic (exact) mass is 282 g/mol. The summed E-state index contributed by atoms with van der Waals surface area (Å²) in [6, 6.07) is 0. The van der Waals surface area contributed by atoms with Gasteiger partial charge in [-0.1, -0.05) is 0 Å². The van der Waals surface area contributed by atoms with E-state index in [2.05, 4.69) is 0 Å². The number of ether oxygens (including phenoxy) is 1. The maximum atomic E-state index is 12.5. The van der Waals surface area contributed by atoms with E-state index in [1.165, 1.54) is 0 Å². The molecule has 104 valence electrons. The van der Waals surface area contributed by atoms with E-state index in [1.807, 2.05) is 4.74 Å². The van der Waals surface area contributed by atoms with Gasteiger partial charge in [0, 0.05) is 6.92 Å². The van der Waals surface area contributed by atoms with Crippen LogP contribution in [0.1, 0.15) is 6.92 Å². The first-order chi connectivity index (χ1) is 7.15. The van der Waals surface area contributed by atoms with Crippen LogP contribution in [-0.2, 0) is 4.74 Å². The summed E-state index contributed by atoms with van der Waals surface area (Å²) in [7, 11) is 0. The van der Waals surface area contributed by atoms with Gasteiger partial charge in [0.2, 0.25) is 0 Å². The lowest BCUT2D eigenvalue weighted by molar-refractivity contribution is -0.467. The molecule has 0 aromatic heterocycles. The van der Waals surface area contributed by atoms with Gasteiger partial charge < -0.3 is 0 Å². The van der Waals surface area contributed by atoms with Crippen LogP contribution < -0.4 is 0 Å². The number of alkyl halides is 10. The molecule has 0 aliphatic heterocycles. The van der Waals surface area contributed by atoms with Crippen molar-refractivity contribution in [1.29, 1.82) is 0 Å². The Morgan fingerprint density at radius 2 is 1.18 bits per heavy atom. The summed E-state index contributed by atoms with van der Waals surface area (Å²) in [5.74, 6) is -11.5. The van der Waals surface area contributed by atoms with Crippen molar-refractivity contribution in [2.45, 2.75) is 37.4 Å². The van der Waals surface area contributed by atoms with Crippen LogP contribution in [0.5, 0.6) is 0 Å². The summed E-state index contributed by atoms with van der Waals surface area (Å²) >= 11 is 0. The molecular formula is C6H4F10O. The number of halogens is 10. The maximum Gasteiger partial charge on any atom is 0.454 e. The minimum Gasteiger partial charge on any atom is -0.265 e. The Balaban J connectivity index is 5.32. The minimum atomic E-state index is -6.60. The topological polar surface area (TPSA) is 9.23 Å². The van der Waals surface area contributed by atoms with Gasteiger partial charge in [-0.15, -0.1) is 0 Å². The smallest absolute Gasteiger partial charge is 0.265 e. The van der Waals surface area contributed by atoms with Gasteiger partial charge in [0.15, 0.2) is 0 Å². The van der Waals surface area contributed by atoms with Gasteiger partial charge in [-0.25, -0.2) is 8.78 Å². The zero-order valence-electron chi connectivity index (χ0n) is 7.77. The van der Waals surface area contributed by atoms with Crippen LogP contribution in [0.15, 0.2) is 0 Å². The third-order valence-corrected chi connectivity index (χ3v) is 1.45. The lowest BCUT2D eigenvalue weighted by atomic mass is 10.3. The Morgan fingerprint density at radius 1 is 0.824 bits per heavy atom. The molecule has 0 N–H and O–H groups in total. The first-order valence-corrected chi connectivity index (χ1v) is 3.65. The fourth-order valence-electron chi connectivity index (χ4n) is 0.502. The highest BCUT2D eigenvalue weighted by molar-refractivity contribution is 4.85. The Labute approximate surface area is 87.3 Å². The molecule has 0 rings (SSSR count). The van der Waals surface area contributed by atoms with Gasteiger partial charge in [0.1, 0.15) is 0 Å². The fraction of sp³-hybridized carbons (Fsp3) is 1.00. The summed E-state index contributed by atoms with van der Waals surface area (Å²) in [6.07, 6.45) is -17.8. The van der Waals surface area contributed by atoms with Gasteiger partial charge in [-0.05, 0) is 0 Å². The largest absolute Gasteiger partial charge is 0.454 e. The van der Waals surface area contributed by atoms with E-state index in [4.69, 9.17) is 0 Å². The first-order valence-electron chi connectivity index (χ1n) is 3.65. The predicted molar refractivity (Wildman–Crippen MR) is 32.6 cm³/mol. The van der Waals surface area contributed by atoms with Crippen LogP contribution in [-0.4, -0.2) is 30.5 Å². The Bertz CT molecular complexity index is 265. The Hall–Kier alpha value is -0.740. The van der Waals surface area contributed by atoms with Crippen molar-refractivity contribution in [1.82, 2.24) is 0 Å². The average Bonchev–Trinajstić information content (AvgIpc) is 1.98. The molecule has 0 aliphatic carbocycles. The Morgan fingerprint density at radius 3 is 1.35 bits per heavy atom. The molecular weight excluding hydrogens is 278 g/mol. The van der Waals surface area contributed by atoms with Gasteiger partial charge in [0.05, 0.1) is 0 Å². The highest BCUT2D eigenvalue weighted by Crippen LogP contribution is 2.47. The van der Waals surface area contributed by atoms with Crippen molar-refractivity contribution >= 4 is 0 Å². The van der Waals surface area contributed by atoms with Crippen molar-refractivity contribution in [2.75, 3.05) is 0 Å².